The molecule has 1 N–H and O–H groups in total. The average molecular weight is 350 g/mol. The van der Waals surface area contributed by atoms with Gasteiger partial charge in [-0.05, 0) is 12.1 Å². The summed E-state index contributed by atoms with van der Waals surface area (Å²) in [5.74, 6) is -0.0752. The monoisotopic (exact) mass is 350 g/mol. The average Bonchev–Trinajstić information content (AvgIpc) is 2.69. The minimum Gasteiger partial charge on any atom is -0.320 e. The molecule has 3 saturated heterocycles. The molecule has 2 aromatic carbocycles. The number of hydrogen-bond donors (Lipinski definition) is 1. The van der Waals surface area contributed by atoms with E-state index in [4.69, 9.17) is 0 Å². The van der Waals surface area contributed by atoms with E-state index in [9.17, 15) is 9.59 Å². The normalized spacial score (nSPS) is 24.2. The molecule has 2 aromatic rings. The predicted octanol–water partition coefficient (Wildman–Crippen LogP) is 2.00. The summed E-state index contributed by atoms with van der Waals surface area (Å²) in [4.78, 5) is 28.0. The molecule has 0 unspecified atom stereocenters. The number of nitrogens with zero attached hydrogens (tertiary/aromatic N) is 2. The van der Waals surface area contributed by atoms with Crippen LogP contribution in [-0.4, -0.2) is 66.9 Å². The fourth-order valence-electron chi connectivity index (χ4n) is 4.00. The molecule has 2 bridgehead atoms. The fraction of sp³-hybridized carbons (Fsp3) is 0.333. The van der Waals surface area contributed by atoms with Gasteiger partial charge >= 0.3 is 0 Å². The van der Waals surface area contributed by atoms with Gasteiger partial charge in [-0.1, -0.05) is 42.5 Å². The lowest BCUT2D eigenvalue weighted by atomic mass is 10.0. The summed E-state index contributed by atoms with van der Waals surface area (Å²) in [6.07, 6.45) is 0. The number of piperazine rings is 3. The number of quaternary nitrogens is 1. The Morgan fingerprint density at radius 2 is 1.50 bits per heavy atom. The quantitative estimate of drug-likeness (QED) is 0.663. The zero-order valence-electron chi connectivity index (χ0n) is 14.9. The number of benzene rings is 2. The van der Waals surface area contributed by atoms with Gasteiger partial charge in [-0.2, -0.15) is 0 Å². The van der Waals surface area contributed by atoms with Gasteiger partial charge in [-0.15, -0.1) is 0 Å². The van der Waals surface area contributed by atoms with E-state index in [2.05, 4.69) is 10.2 Å². The molecule has 3 aliphatic heterocycles. The standard InChI is InChI=1S/C21H23N3O2/c25-20(16-24-13-10-23(11-14-24)12-15-24)22-19-9-5-4-8-18(19)21(26)17-6-2-1-3-7-17/h1-9H,10-16H2/p+1. The SMILES string of the molecule is O=C(C[N+]12CCN(CC1)CC2)Nc1ccccc1C(=O)c1ccccc1. The Labute approximate surface area is 153 Å². The van der Waals surface area contributed by atoms with Gasteiger partial charge in [0, 0.05) is 30.8 Å². The molecule has 26 heavy (non-hydrogen) atoms. The second-order valence-electron chi connectivity index (χ2n) is 7.30. The molecule has 0 aromatic heterocycles. The molecule has 5 heteroatoms. The van der Waals surface area contributed by atoms with Gasteiger partial charge in [0.05, 0.1) is 25.3 Å². The van der Waals surface area contributed by atoms with Crippen molar-refractivity contribution in [3.05, 3.63) is 65.7 Å². The van der Waals surface area contributed by atoms with Gasteiger partial charge in [0.1, 0.15) is 0 Å². The van der Waals surface area contributed by atoms with E-state index in [1.165, 1.54) is 0 Å². The first kappa shape index (κ1) is 16.9. The number of nitrogens with one attached hydrogen (secondary N) is 1. The summed E-state index contributed by atoms with van der Waals surface area (Å²) in [5, 5.41) is 3.00. The summed E-state index contributed by atoms with van der Waals surface area (Å²) >= 11 is 0. The number of rotatable bonds is 5. The minimum atomic E-state index is -0.0693. The third-order valence-corrected chi connectivity index (χ3v) is 5.63. The zero-order chi connectivity index (χ0) is 18.0. The summed E-state index contributed by atoms with van der Waals surface area (Å²) in [6.45, 7) is 6.85. The van der Waals surface area contributed by atoms with Crippen LogP contribution in [0.3, 0.4) is 0 Å². The maximum Gasteiger partial charge on any atom is 0.279 e. The van der Waals surface area contributed by atoms with Crippen LogP contribution >= 0.6 is 0 Å². The van der Waals surface area contributed by atoms with Crippen LogP contribution in [-0.2, 0) is 4.79 Å². The number of carbonyl (C=O) groups is 2. The molecule has 0 saturated carbocycles. The smallest absolute Gasteiger partial charge is 0.279 e. The van der Waals surface area contributed by atoms with Crippen molar-refractivity contribution in [2.24, 2.45) is 0 Å². The molecule has 3 aliphatic rings. The molecule has 5 nitrogen and oxygen atoms in total. The number of ketones is 1. The number of carbonyl (C=O) groups excluding carboxylic acids is 2. The Hall–Kier alpha value is -2.50. The van der Waals surface area contributed by atoms with E-state index >= 15 is 0 Å². The third-order valence-electron chi connectivity index (χ3n) is 5.63. The number of para-hydroxylation sites is 1. The summed E-state index contributed by atoms with van der Waals surface area (Å²) in [6, 6.07) is 16.4. The Bertz CT molecular complexity index is 797. The molecule has 0 radical (unpaired) electrons. The van der Waals surface area contributed by atoms with Gasteiger partial charge in [0.15, 0.2) is 12.3 Å². The van der Waals surface area contributed by atoms with E-state index in [1.807, 2.05) is 36.4 Å². The van der Waals surface area contributed by atoms with Crippen LogP contribution in [0.25, 0.3) is 0 Å². The van der Waals surface area contributed by atoms with E-state index in [0.717, 1.165) is 43.8 Å². The maximum atomic E-state index is 12.8. The fourth-order valence-corrected chi connectivity index (χ4v) is 4.00. The number of fused-ring (bicyclic) bond motifs is 3. The maximum absolute atomic E-state index is 12.8. The van der Waals surface area contributed by atoms with Gasteiger partial charge in [-0.3, -0.25) is 14.5 Å². The van der Waals surface area contributed by atoms with Crippen molar-refractivity contribution < 1.29 is 14.1 Å². The summed E-state index contributed by atoms with van der Waals surface area (Å²) in [5.41, 5.74) is 1.76. The van der Waals surface area contributed by atoms with Crippen LogP contribution in [0.2, 0.25) is 0 Å². The van der Waals surface area contributed by atoms with Crippen LogP contribution in [0.1, 0.15) is 15.9 Å². The van der Waals surface area contributed by atoms with Gasteiger partial charge in [-0.25, -0.2) is 0 Å². The van der Waals surface area contributed by atoms with Crippen molar-refractivity contribution in [3.63, 3.8) is 0 Å². The van der Waals surface area contributed by atoms with Crippen LogP contribution in [0.15, 0.2) is 54.6 Å². The van der Waals surface area contributed by atoms with Crippen molar-refractivity contribution in [3.8, 4) is 0 Å². The lowest BCUT2D eigenvalue weighted by molar-refractivity contribution is -0.933. The molecule has 3 fully saturated rings. The van der Waals surface area contributed by atoms with E-state index < -0.39 is 0 Å². The van der Waals surface area contributed by atoms with Gasteiger partial charge < -0.3 is 9.80 Å². The van der Waals surface area contributed by atoms with E-state index in [-0.39, 0.29) is 11.7 Å². The predicted molar refractivity (Wildman–Crippen MR) is 101 cm³/mol. The lowest BCUT2D eigenvalue weighted by Gasteiger charge is -2.50. The zero-order valence-corrected chi connectivity index (χ0v) is 14.9. The minimum absolute atomic E-state index is 0.00587. The molecular weight excluding hydrogens is 326 g/mol. The molecular formula is C21H24N3O2+. The highest BCUT2D eigenvalue weighted by Gasteiger charge is 2.39. The van der Waals surface area contributed by atoms with Crippen LogP contribution in [0, 0.1) is 0 Å². The highest BCUT2D eigenvalue weighted by Crippen LogP contribution is 2.22. The first-order chi connectivity index (χ1) is 12.7. The topological polar surface area (TPSA) is 49.4 Å². The van der Waals surface area contributed by atoms with Crippen molar-refractivity contribution >= 4 is 17.4 Å². The van der Waals surface area contributed by atoms with Crippen molar-refractivity contribution in [1.29, 1.82) is 0 Å². The first-order valence-electron chi connectivity index (χ1n) is 9.21. The number of amides is 1. The largest absolute Gasteiger partial charge is 0.320 e. The second-order valence-corrected chi connectivity index (χ2v) is 7.30. The third kappa shape index (κ3) is 3.41. The van der Waals surface area contributed by atoms with Gasteiger partial charge in [0.25, 0.3) is 5.91 Å². The van der Waals surface area contributed by atoms with Crippen LogP contribution in [0.4, 0.5) is 5.69 Å². The van der Waals surface area contributed by atoms with Crippen LogP contribution in [0.5, 0.6) is 0 Å². The van der Waals surface area contributed by atoms with Crippen molar-refractivity contribution in [2.45, 2.75) is 0 Å². The molecule has 3 heterocycles. The Kier molecular flexibility index (Phi) is 4.57. The van der Waals surface area contributed by atoms with Crippen molar-refractivity contribution in [2.75, 3.05) is 51.1 Å². The molecule has 1 amide bonds. The van der Waals surface area contributed by atoms with Crippen LogP contribution < -0.4 is 5.32 Å². The second kappa shape index (κ2) is 7.02. The molecule has 0 atom stereocenters. The van der Waals surface area contributed by atoms with Gasteiger partial charge in [0.2, 0.25) is 0 Å². The Morgan fingerprint density at radius 3 is 2.19 bits per heavy atom. The lowest BCUT2D eigenvalue weighted by Crippen LogP contribution is -2.68. The van der Waals surface area contributed by atoms with E-state index in [1.54, 1.807) is 18.2 Å². The number of hydrogen-bond acceptors (Lipinski definition) is 3. The molecule has 0 aliphatic carbocycles. The first-order valence-corrected chi connectivity index (χ1v) is 9.21. The van der Waals surface area contributed by atoms with Crippen molar-refractivity contribution in [1.82, 2.24) is 4.90 Å². The number of anilines is 1. The molecule has 134 valence electrons. The highest BCUT2D eigenvalue weighted by atomic mass is 16.2. The Morgan fingerprint density at radius 1 is 0.885 bits per heavy atom. The van der Waals surface area contributed by atoms with E-state index in [0.29, 0.717) is 23.4 Å². The summed E-state index contributed by atoms with van der Waals surface area (Å²) < 4.78 is 0.872. The molecule has 0 spiro atoms. The summed E-state index contributed by atoms with van der Waals surface area (Å²) in [7, 11) is 0. The highest BCUT2D eigenvalue weighted by molar-refractivity contribution is 6.13. The molecule has 5 rings (SSSR count). The Balaban J connectivity index is 1.50.